The van der Waals surface area contributed by atoms with Crippen LogP contribution >= 0.6 is 0 Å². The first kappa shape index (κ1) is 55.1. The maximum absolute atomic E-state index is 15.0. The second kappa shape index (κ2) is 24.8. The maximum atomic E-state index is 15.0. The topological polar surface area (TPSA) is 293 Å². The van der Waals surface area contributed by atoms with Crippen LogP contribution in [0.3, 0.4) is 0 Å². The lowest BCUT2D eigenvalue weighted by Crippen LogP contribution is -2.64. The summed E-state index contributed by atoms with van der Waals surface area (Å²) in [6, 6.07) is 4.46. The molecule has 3 saturated heterocycles. The summed E-state index contributed by atoms with van der Waals surface area (Å²) in [7, 11) is 1.35. The molecule has 21 nitrogen and oxygen atoms in total. The lowest BCUT2D eigenvalue weighted by molar-refractivity contribution is -0.165. The number of amides is 8. The van der Waals surface area contributed by atoms with Crippen molar-refractivity contribution in [3.63, 3.8) is 0 Å². The number of phenols is 1. The van der Waals surface area contributed by atoms with Gasteiger partial charge in [0.15, 0.2) is 0 Å². The number of piperidine rings is 1. The van der Waals surface area contributed by atoms with Crippen molar-refractivity contribution in [2.45, 2.75) is 154 Å². The molecule has 3 aliphatic heterocycles. The van der Waals surface area contributed by atoms with Gasteiger partial charge in [-0.2, -0.15) is 0 Å². The van der Waals surface area contributed by atoms with E-state index in [9.17, 15) is 58.5 Å². The fourth-order valence-electron chi connectivity index (χ4n) is 8.96. The smallest absolute Gasteiger partial charge is 0.329 e. The molecule has 0 aliphatic carbocycles. The van der Waals surface area contributed by atoms with Gasteiger partial charge in [0, 0.05) is 32.9 Å². The second-order valence-electron chi connectivity index (χ2n) is 18.6. The van der Waals surface area contributed by atoms with Crippen LogP contribution in [0.1, 0.15) is 91.2 Å². The number of likely N-dealkylation sites (tertiary alicyclic amines) is 1. The molecule has 3 fully saturated rings. The number of fused-ring (bicyclic) bond motifs is 2. The molecule has 0 radical (unpaired) electrons. The number of aliphatic hydroxyl groups excluding tert-OH is 2. The van der Waals surface area contributed by atoms with E-state index in [0.717, 1.165) is 9.80 Å². The number of nitrogens with one attached hydrogen (secondary N) is 5. The van der Waals surface area contributed by atoms with Crippen LogP contribution in [0, 0.1) is 5.92 Å². The van der Waals surface area contributed by atoms with Gasteiger partial charge in [-0.05, 0) is 82.1 Å². The molecule has 21 heteroatoms. The largest absolute Gasteiger partial charge is 0.508 e. The number of hydrogen-bond donors (Lipinski definition) is 8. The van der Waals surface area contributed by atoms with Crippen molar-refractivity contribution < 1.29 is 63.2 Å². The summed E-state index contributed by atoms with van der Waals surface area (Å²) < 4.78 is 5.83. The number of carbonyl (C=O) groups is 9. The predicted molar refractivity (Wildman–Crippen MR) is 256 cm³/mol. The zero-order valence-electron chi connectivity index (χ0n) is 41.3. The molecule has 10 atom stereocenters. The number of rotatable bonds is 12. The van der Waals surface area contributed by atoms with E-state index >= 15 is 0 Å². The zero-order valence-corrected chi connectivity index (χ0v) is 41.3. The molecule has 386 valence electrons. The third-order valence-corrected chi connectivity index (χ3v) is 13.0. The van der Waals surface area contributed by atoms with Crippen LogP contribution in [0.2, 0.25) is 0 Å². The average molecular weight is 989 g/mol. The van der Waals surface area contributed by atoms with E-state index in [1.165, 1.54) is 50.9 Å². The number of esters is 1. The van der Waals surface area contributed by atoms with E-state index in [0.29, 0.717) is 36.9 Å². The van der Waals surface area contributed by atoms with Gasteiger partial charge in [-0.15, -0.1) is 0 Å². The van der Waals surface area contributed by atoms with Crippen molar-refractivity contribution in [3.8, 4) is 5.75 Å². The number of nitrogens with zero attached hydrogens (tertiary/aromatic N) is 3. The minimum absolute atomic E-state index is 0.0613. The molecule has 5 rings (SSSR count). The Bertz CT molecular complexity index is 2310. The number of likely N-dealkylation sites (N-methyl/N-ethyl adjacent to an activating group) is 1. The first-order valence-corrected chi connectivity index (χ1v) is 24.1. The van der Waals surface area contributed by atoms with Crippen LogP contribution < -0.4 is 26.6 Å². The molecule has 8 amide bonds. The summed E-state index contributed by atoms with van der Waals surface area (Å²) >= 11 is 0. The highest BCUT2D eigenvalue weighted by Crippen LogP contribution is 2.26. The number of benzene rings is 2. The molecule has 0 aromatic heterocycles. The molecular weight excluding hydrogens is 921 g/mol. The van der Waals surface area contributed by atoms with Gasteiger partial charge >= 0.3 is 5.97 Å². The predicted octanol–water partition coefficient (Wildman–Crippen LogP) is 0.0462. The van der Waals surface area contributed by atoms with Crippen LogP contribution in [0.15, 0.2) is 66.4 Å². The molecule has 71 heavy (non-hydrogen) atoms. The molecule has 3 heterocycles. The Morgan fingerprint density at radius 3 is 2.14 bits per heavy atom. The Morgan fingerprint density at radius 2 is 1.52 bits per heavy atom. The SMILES string of the molecule is C/C=C1\NC(=O)[C@@H](NC(=O)[C@@H](NC(=O)[C@@H]2CCCN2C(=O)CCC)[C@@H](C)O)[C@@H](C)OC(=O)[C@H](C(C)C)NC(=O)[C@H](Cc2ccc(O)cc2)N(C)C(=O)[C@H](Cc2ccccc2)N2C(=O)[C@H](CC[C@H]2O)NC1=O. The van der Waals surface area contributed by atoms with E-state index in [2.05, 4.69) is 26.6 Å². The molecule has 2 bridgehead atoms. The molecule has 0 unspecified atom stereocenters. The standard InChI is InChI=1S/C50H68N8O13/c1-8-14-38(61)57-24-13-17-35(57)44(64)54-41(28(5)59)46(66)55-42-29(6)71-50(70)40(27(3)4)53-45(65)36(25-31-18-20-32(60)21-19-31)56(7)49(69)37(26-30-15-11-10-12-16-30)58-39(62)23-22-34(48(58)68)52-43(63)33(9-2)51-47(42)67/h9-12,15-16,18-21,27-29,34-37,39-42,59-60,62H,8,13-14,17,22-26H2,1-7H3,(H,51,67)(H,52,63)(H,53,65)(H,54,64)(H,55,66)/b33-9-/t28-,29-,34+,35+,36+,37+,39-,40+,41+,42+/m1/s1. The molecule has 8 N–H and O–H groups in total. The Labute approximate surface area is 413 Å². The Balaban J connectivity index is 1.56. The lowest BCUT2D eigenvalue weighted by atomic mass is 9.95. The Morgan fingerprint density at radius 1 is 0.873 bits per heavy atom. The van der Waals surface area contributed by atoms with Gasteiger partial charge in [0.1, 0.15) is 66.1 Å². The van der Waals surface area contributed by atoms with Crippen LogP contribution in [0.25, 0.3) is 0 Å². The number of aromatic hydroxyl groups is 1. The fraction of sp³-hybridized carbons (Fsp3) is 0.540. The molecule has 0 saturated carbocycles. The lowest BCUT2D eigenvalue weighted by Gasteiger charge is -2.43. The fourth-order valence-corrected chi connectivity index (χ4v) is 8.96. The van der Waals surface area contributed by atoms with Gasteiger partial charge in [-0.25, -0.2) is 4.79 Å². The van der Waals surface area contributed by atoms with Crippen molar-refractivity contribution in [1.29, 1.82) is 0 Å². The summed E-state index contributed by atoms with van der Waals surface area (Å²) in [4.78, 5) is 131. The first-order valence-electron chi connectivity index (χ1n) is 24.1. The highest BCUT2D eigenvalue weighted by atomic mass is 16.5. The average Bonchev–Trinajstić information content (AvgIpc) is 3.83. The number of ether oxygens (including phenoxy) is 1. The number of hydrogen-bond acceptors (Lipinski definition) is 13. The maximum Gasteiger partial charge on any atom is 0.329 e. The minimum atomic E-state index is -1.85. The van der Waals surface area contributed by atoms with E-state index in [1.807, 2.05) is 6.92 Å². The Kier molecular flexibility index (Phi) is 19.2. The summed E-state index contributed by atoms with van der Waals surface area (Å²) in [5.74, 6) is -8.39. The van der Waals surface area contributed by atoms with Gasteiger partial charge in [0.25, 0.3) is 11.8 Å². The number of aliphatic hydroxyl groups is 2. The molecule has 3 aliphatic rings. The zero-order chi connectivity index (χ0) is 52.3. The van der Waals surface area contributed by atoms with E-state index < -0.39 is 120 Å². The summed E-state index contributed by atoms with van der Waals surface area (Å²) in [6.07, 6.45) is -2.31. The number of allylic oxidation sites excluding steroid dienone is 1. The van der Waals surface area contributed by atoms with Crippen LogP contribution in [0.5, 0.6) is 5.75 Å². The van der Waals surface area contributed by atoms with Gasteiger partial charge in [-0.1, -0.05) is 69.3 Å². The van der Waals surface area contributed by atoms with Gasteiger partial charge in [0.05, 0.1) is 6.10 Å². The van der Waals surface area contributed by atoms with Gasteiger partial charge in [-0.3, -0.25) is 38.4 Å². The minimum Gasteiger partial charge on any atom is -0.508 e. The number of carbonyl (C=O) groups excluding carboxylic acids is 9. The van der Waals surface area contributed by atoms with Gasteiger partial charge < -0.3 is 61.3 Å². The van der Waals surface area contributed by atoms with Gasteiger partial charge in [0.2, 0.25) is 35.4 Å². The molecule has 0 spiro atoms. The Hall–Kier alpha value is -6.87. The summed E-state index contributed by atoms with van der Waals surface area (Å²) in [5, 5.41) is 45.1. The van der Waals surface area contributed by atoms with Crippen LogP contribution in [-0.2, 0) is 60.7 Å². The van der Waals surface area contributed by atoms with Crippen molar-refractivity contribution in [2.75, 3.05) is 13.6 Å². The second-order valence-corrected chi connectivity index (χ2v) is 18.6. The highest BCUT2D eigenvalue weighted by Gasteiger charge is 2.46. The number of phenolic OH excluding ortho intramolecular Hbond substituents is 1. The van der Waals surface area contributed by atoms with Crippen molar-refractivity contribution >= 4 is 53.2 Å². The molecule has 2 aromatic carbocycles. The molecular formula is C50H68N8O13. The first-order chi connectivity index (χ1) is 33.7. The van der Waals surface area contributed by atoms with E-state index in [1.54, 1.807) is 56.3 Å². The highest BCUT2D eigenvalue weighted by molar-refractivity contribution is 6.03. The van der Waals surface area contributed by atoms with E-state index in [4.69, 9.17) is 4.74 Å². The number of cyclic esters (lactones) is 1. The quantitative estimate of drug-likeness (QED) is 0.103. The normalized spacial score (nSPS) is 26.6. The van der Waals surface area contributed by atoms with Crippen molar-refractivity contribution in [3.05, 3.63) is 77.5 Å². The summed E-state index contributed by atoms with van der Waals surface area (Å²) in [5.41, 5.74) is 0.689. The third-order valence-electron chi connectivity index (χ3n) is 13.0. The van der Waals surface area contributed by atoms with Crippen molar-refractivity contribution in [2.24, 2.45) is 5.92 Å². The monoisotopic (exact) mass is 988 g/mol. The van der Waals surface area contributed by atoms with Crippen LogP contribution in [0.4, 0.5) is 0 Å². The van der Waals surface area contributed by atoms with Crippen molar-refractivity contribution in [1.82, 2.24) is 41.3 Å². The molecule has 2 aromatic rings. The third kappa shape index (κ3) is 13.7. The van der Waals surface area contributed by atoms with E-state index in [-0.39, 0.29) is 43.8 Å². The van der Waals surface area contributed by atoms with Crippen LogP contribution in [-0.4, -0.2) is 158 Å². The summed E-state index contributed by atoms with van der Waals surface area (Å²) in [6.45, 7) is 9.25.